The predicted octanol–water partition coefficient (Wildman–Crippen LogP) is 1.96. The van der Waals surface area contributed by atoms with Crippen LogP contribution in [0, 0.1) is 0 Å². The van der Waals surface area contributed by atoms with Crippen molar-refractivity contribution in [2.75, 3.05) is 11.9 Å². The van der Waals surface area contributed by atoms with E-state index in [1.807, 2.05) is 19.2 Å². The highest BCUT2D eigenvalue weighted by Gasteiger charge is 2.38. The van der Waals surface area contributed by atoms with Crippen molar-refractivity contribution >= 4 is 24.4 Å². The molecule has 0 aromatic heterocycles. The summed E-state index contributed by atoms with van der Waals surface area (Å²) in [6, 6.07) is 8.13. The molecule has 2 aromatic carbocycles. The van der Waals surface area contributed by atoms with Crippen LogP contribution >= 0.6 is 0 Å². The van der Waals surface area contributed by atoms with Crippen LogP contribution in [-0.4, -0.2) is 7.05 Å². The van der Waals surface area contributed by atoms with Gasteiger partial charge in [-0.2, -0.15) is 0 Å². The Labute approximate surface area is 122 Å². The minimum absolute atomic E-state index is 0.155. The molecule has 1 aliphatic rings. The molecule has 20 heavy (non-hydrogen) atoms. The van der Waals surface area contributed by atoms with Gasteiger partial charge in [0.2, 0.25) is 10.9 Å². The molecule has 0 spiro atoms. The molecule has 0 radical (unpaired) electrons. The average molecular weight is 284 g/mol. The second-order valence-corrected chi connectivity index (χ2v) is 6.04. The second-order valence-electron chi connectivity index (χ2n) is 5.63. The largest absolute Gasteiger partial charge is 0.775 e. The van der Waals surface area contributed by atoms with E-state index in [9.17, 15) is 9.59 Å². The van der Waals surface area contributed by atoms with Gasteiger partial charge in [0, 0.05) is 29.4 Å². The topological polar surface area (TPSA) is 37.4 Å². The van der Waals surface area contributed by atoms with Gasteiger partial charge in [-0.15, -0.1) is 4.90 Å². The molecular weight excluding hydrogens is 270 g/mol. The molecule has 0 saturated carbocycles. The van der Waals surface area contributed by atoms with Gasteiger partial charge in [-0.3, -0.25) is 9.59 Å². The van der Waals surface area contributed by atoms with Crippen molar-refractivity contribution in [1.29, 1.82) is 0 Å². The minimum atomic E-state index is -0.539. The van der Waals surface area contributed by atoms with Crippen molar-refractivity contribution in [1.82, 2.24) is 0 Å². The Balaban J connectivity index is 2.18. The number of rotatable bonds is 1. The van der Waals surface area contributed by atoms with Crippen molar-refractivity contribution < 1.29 is 0 Å². The lowest BCUT2D eigenvalue weighted by molar-refractivity contribution is 0.644. The number of nitrogens with zero attached hydrogens (tertiary/aromatic N) is 1. The van der Waals surface area contributed by atoms with Crippen LogP contribution in [-0.2, 0) is 18.0 Å². The first-order valence-corrected chi connectivity index (χ1v) is 6.82. The maximum atomic E-state index is 11.6. The summed E-state index contributed by atoms with van der Waals surface area (Å²) in [5.74, 6) is 0. The fraction of sp³-hybridized carbons (Fsp3) is 0.250. The van der Waals surface area contributed by atoms with E-state index in [0.29, 0.717) is 5.56 Å². The molecule has 0 aliphatic carbocycles. The van der Waals surface area contributed by atoms with Crippen molar-refractivity contribution in [3.8, 4) is 0 Å². The van der Waals surface area contributed by atoms with Crippen LogP contribution in [0.25, 0.3) is 6.08 Å². The molecule has 0 unspecified atom stereocenters. The number of hydrogen-bond donors (Lipinski definition) is 0. The van der Waals surface area contributed by atoms with Crippen molar-refractivity contribution in [2.24, 2.45) is 0 Å². The monoisotopic (exact) mass is 284 g/mol. The molecule has 3 nitrogen and oxygen atoms in total. The normalized spacial score (nSPS) is 18.8. The van der Waals surface area contributed by atoms with E-state index in [1.54, 1.807) is 6.08 Å². The SMILES string of the molecule is CN1C(=Cc2c([S-])c(=O)c2=O)C(C)(C)c2ccccc21. The second kappa shape index (κ2) is 4.03. The molecule has 1 aliphatic heterocycles. The molecule has 3 rings (SSSR count). The van der Waals surface area contributed by atoms with Crippen LogP contribution in [0.3, 0.4) is 0 Å². The standard InChI is InChI=1S/C16H15NO2S/c1-16(2)10-6-4-5-7-11(10)17(3)12(16)8-9-13(18)14(19)15(9)20/h4-8,20H,1-3H3/p-1. The average Bonchev–Trinajstić information content (AvgIpc) is 2.64. The first-order valence-electron chi connectivity index (χ1n) is 6.41. The summed E-state index contributed by atoms with van der Waals surface area (Å²) < 4.78 is 0. The molecule has 0 atom stereocenters. The summed E-state index contributed by atoms with van der Waals surface area (Å²) in [4.78, 5) is 25.1. The molecule has 1 heterocycles. The van der Waals surface area contributed by atoms with Gasteiger partial charge in [0.15, 0.2) is 0 Å². The third-order valence-corrected chi connectivity index (χ3v) is 4.53. The number of benzene rings is 1. The van der Waals surface area contributed by atoms with Crippen molar-refractivity contribution in [3.05, 3.63) is 61.5 Å². The van der Waals surface area contributed by atoms with Gasteiger partial charge >= 0.3 is 0 Å². The maximum Gasteiger partial charge on any atom is 0.230 e. The van der Waals surface area contributed by atoms with Gasteiger partial charge in [-0.1, -0.05) is 32.0 Å². The van der Waals surface area contributed by atoms with Gasteiger partial charge in [0.1, 0.15) is 0 Å². The zero-order valence-corrected chi connectivity index (χ0v) is 12.4. The Morgan fingerprint density at radius 3 is 2.40 bits per heavy atom. The first-order chi connectivity index (χ1) is 9.35. The van der Waals surface area contributed by atoms with Crippen molar-refractivity contribution in [2.45, 2.75) is 24.2 Å². The van der Waals surface area contributed by atoms with Gasteiger partial charge < -0.3 is 17.5 Å². The highest BCUT2D eigenvalue weighted by Crippen LogP contribution is 2.47. The fourth-order valence-corrected chi connectivity index (χ4v) is 3.16. The zero-order valence-electron chi connectivity index (χ0n) is 11.6. The Kier molecular flexibility index (Phi) is 2.63. The predicted molar refractivity (Wildman–Crippen MR) is 82.8 cm³/mol. The Morgan fingerprint density at radius 2 is 1.80 bits per heavy atom. The summed E-state index contributed by atoms with van der Waals surface area (Å²) >= 11 is 4.97. The van der Waals surface area contributed by atoms with Crippen LogP contribution in [0.2, 0.25) is 0 Å². The molecule has 2 aromatic rings. The van der Waals surface area contributed by atoms with E-state index in [-0.39, 0.29) is 10.3 Å². The van der Waals surface area contributed by atoms with Crippen LogP contribution < -0.4 is 15.8 Å². The van der Waals surface area contributed by atoms with Crippen molar-refractivity contribution in [3.63, 3.8) is 0 Å². The van der Waals surface area contributed by atoms with E-state index >= 15 is 0 Å². The van der Waals surface area contributed by atoms with Crippen LogP contribution in [0.15, 0.2) is 44.4 Å². The molecule has 102 valence electrons. The van der Waals surface area contributed by atoms with E-state index in [0.717, 1.165) is 11.4 Å². The highest BCUT2D eigenvalue weighted by molar-refractivity contribution is 7.58. The molecule has 0 bridgehead atoms. The van der Waals surface area contributed by atoms with Crippen LogP contribution in [0.4, 0.5) is 5.69 Å². The number of allylic oxidation sites excluding steroid dienone is 1. The van der Waals surface area contributed by atoms with Gasteiger partial charge in [-0.05, 0) is 17.7 Å². The fourth-order valence-electron chi connectivity index (χ4n) is 2.92. The maximum absolute atomic E-state index is 11.6. The smallest absolute Gasteiger partial charge is 0.230 e. The van der Waals surface area contributed by atoms with Crippen LogP contribution in [0.5, 0.6) is 0 Å². The Hall–Kier alpha value is -1.94. The third-order valence-electron chi connectivity index (χ3n) is 4.12. The molecule has 0 saturated heterocycles. The van der Waals surface area contributed by atoms with Crippen LogP contribution in [0.1, 0.15) is 25.0 Å². The highest BCUT2D eigenvalue weighted by atomic mass is 32.1. The Bertz CT molecular complexity index is 810. The van der Waals surface area contributed by atoms with E-state index in [4.69, 9.17) is 12.6 Å². The van der Waals surface area contributed by atoms with E-state index in [2.05, 4.69) is 30.9 Å². The molecule has 4 heteroatoms. The number of fused-ring (bicyclic) bond motifs is 1. The number of likely N-dealkylation sites (N-methyl/N-ethyl adjacent to an activating group) is 1. The van der Waals surface area contributed by atoms with E-state index in [1.165, 1.54) is 5.56 Å². The summed E-state index contributed by atoms with van der Waals surface area (Å²) in [6.07, 6.45) is 1.77. The first kappa shape index (κ1) is 13.1. The van der Waals surface area contributed by atoms with E-state index < -0.39 is 10.9 Å². The summed E-state index contributed by atoms with van der Waals surface area (Å²) in [5.41, 5.74) is 2.45. The minimum Gasteiger partial charge on any atom is -0.775 e. The zero-order chi connectivity index (χ0) is 14.7. The van der Waals surface area contributed by atoms with Gasteiger partial charge in [0.05, 0.1) is 0 Å². The number of para-hydroxylation sites is 1. The Morgan fingerprint density at radius 1 is 1.15 bits per heavy atom. The molecule has 0 amide bonds. The lowest BCUT2D eigenvalue weighted by atomic mass is 9.83. The van der Waals surface area contributed by atoms with Gasteiger partial charge in [0.25, 0.3) is 0 Å². The summed E-state index contributed by atoms with van der Waals surface area (Å²) in [7, 11) is 1.97. The summed E-state index contributed by atoms with van der Waals surface area (Å²) in [5, 5.41) is 0. The number of anilines is 1. The number of hydrogen-bond acceptors (Lipinski definition) is 4. The lowest BCUT2D eigenvalue weighted by Crippen LogP contribution is -2.36. The molecule has 0 fully saturated rings. The quantitative estimate of drug-likeness (QED) is 0.592. The third kappa shape index (κ3) is 1.51. The molecule has 0 N–H and O–H groups in total. The molecular formula is C16H14NO2S-. The summed E-state index contributed by atoms with van der Waals surface area (Å²) in [6.45, 7) is 4.21. The van der Waals surface area contributed by atoms with Gasteiger partial charge in [-0.25, -0.2) is 0 Å². The lowest BCUT2D eigenvalue weighted by Gasteiger charge is -2.25.